The molecule has 0 unspecified atom stereocenters. The quantitative estimate of drug-likeness (QED) is 0.338. The van der Waals surface area contributed by atoms with Crippen molar-refractivity contribution in [3.63, 3.8) is 0 Å². The summed E-state index contributed by atoms with van der Waals surface area (Å²) in [6, 6.07) is 19.8. The van der Waals surface area contributed by atoms with Gasteiger partial charge in [0.05, 0.1) is 18.3 Å². The molecule has 0 bridgehead atoms. The van der Waals surface area contributed by atoms with E-state index in [0.717, 1.165) is 38.7 Å². The lowest BCUT2D eigenvalue weighted by molar-refractivity contribution is -0.115. The highest BCUT2D eigenvalue weighted by Gasteiger charge is 2.12. The van der Waals surface area contributed by atoms with Gasteiger partial charge < -0.3 is 10.1 Å². The summed E-state index contributed by atoms with van der Waals surface area (Å²) >= 11 is 2.93. The summed E-state index contributed by atoms with van der Waals surface area (Å²) in [6.45, 7) is 0. The van der Waals surface area contributed by atoms with E-state index in [1.807, 2.05) is 64.4 Å². The van der Waals surface area contributed by atoms with Crippen molar-refractivity contribution in [3.8, 4) is 17.0 Å². The third-order valence-electron chi connectivity index (χ3n) is 4.94. The monoisotopic (exact) mass is 461 g/mol. The normalized spacial score (nSPS) is 11.2. The summed E-state index contributed by atoms with van der Waals surface area (Å²) < 4.78 is 7.21. The number of nitrogens with one attached hydrogen (secondary N) is 1. The van der Waals surface area contributed by atoms with Crippen LogP contribution in [0, 0.1) is 0 Å². The van der Waals surface area contributed by atoms with Crippen molar-refractivity contribution in [3.05, 3.63) is 66.0 Å². The summed E-state index contributed by atoms with van der Waals surface area (Å²) in [7, 11) is 1.64. The number of thiazole rings is 1. The summed E-state index contributed by atoms with van der Waals surface area (Å²) in [5.41, 5.74) is 3.65. The van der Waals surface area contributed by atoms with Gasteiger partial charge in [0, 0.05) is 23.1 Å². The maximum atomic E-state index is 12.4. The Balaban J connectivity index is 1.21. The molecule has 32 heavy (non-hydrogen) atoms. The highest BCUT2D eigenvalue weighted by molar-refractivity contribution is 7.99. The van der Waals surface area contributed by atoms with E-state index in [1.165, 1.54) is 23.1 Å². The highest BCUT2D eigenvalue weighted by Crippen LogP contribution is 2.27. The Labute approximate surface area is 192 Å². The Kier molecular flexibility index (Phi) is 5.74. The number of hydrogen-bond donors (Lipinski definition) is 1. The van der Waals surface area contributed by atoms with Crippen LogP contribution in [0.25, 0.3) is 27.8 Å². The topological polar surface area (TPSA) is 81.4 Å². The van der Waals surface area contributed by atoms with Crippen molar-refractivity contribution >= 4 is 50.7 Å². The smallest absolute Gasteiger partial charge is 0.226 e. The lowest BCUT2D eigenvalue weighted by Crippen LogP contribution is -2.12. The number of anilines is 1. The number of hydrogen-bond acceptors (Lipinski definition) is 7. The molecule has 0 spiro atoms. The molecule has 0 atom stereocenters. The fourth-order valence-corrected chi connectivity index (χ4v) is 4.97. The second kappa shape index (κ2) is 8.97. The van der Waals surface area contributed by atoms with Gasteiger partial charge in [-0.15, -0.1) is 21.5 Å². The number of ether oxygens (including phenoxy) is 1. The van der Waals surface area contributed by atoms with Crippen LogP contribution < -0.4 is 10.1 Å². The van der Waals surface area contributed by atoms with Gasteiger partial charge in [0.25, 0.3) is 0 Å². The molecule has 0 radical (unpaired) electrons. The Morgan fingerprint density at radius 3 is 2.78 bits per heavy atom. The van der Waals surface area contributed by atoms with E-state index in [2.05, 4.69) is 26.6 Å². The highest BCUT2D eigenvalue weighted by atomic mass is 32.2. The number of para-hydroxylation sites is 1. The molecule has 0 saturated carbocycles. The van der Waals surface area contributed by atoms with Crippen LogP contribution in [0.4, 0.5) is 5.13 Å². The van der Waals surface area contributed by atoms with Crippen LogP contribution in [0.15, 0.2) is 71.2 Å². The first kappa shape index (κ1) is 20.5. The fourth-order valence-electron chi connectivity index (χ4n) is 3.35. The van der Waals surface area contributed by atoms with Crippen molar-refractivity contribution in [2.24, 2.45) is 0 Å². The number of carbonyl (C=O) groups excluding carboxylic acids is 1. The van der Waals surface area contributed by atoms with Gasteiger partial charge in [0.1, 0.15) is 5.75 Å². The van der Waals surface area contributed by atoms with Crippen molar-refractivity contribution < 1.29 is 9.53 Å². The average molecular weight is 462 g/mol. The molecule has 160 valence electrons. The van der Waals surface area contributed by atoms with Crippen molar-refractivity contribution in [1.82, 2.24) is 19.6 Å². The molecule has 3 heterocycles. The Hall–Kier alpha value is -3.43. The van der Waals surface area contributed by atoms with E-state index >= 15 is 0 Å². The number of thioether (sulfide) groups is 1. The molecular weight excluding hydrogens is 442 g/mol. The van der Waals surface area contributed by atoms with E-state index in [1.54, 1.807) is 7.11 Å². The predicted octanol–water partition coefficient (Wildman–Crippen LogP) is 5.14. The van der Waals surface area contributed by atoms with Crippen LogP contribution in [0.2, 0.25) is 0 Å². The largest absolute Gasteiger partial charge is 0.497 e. The number of benzene rings is 2. The maximum absolute atomic E-state index is 12.4. The van der Waals surface area contributed by atoms with Gasteiger partial charge in [0.2, 0.25) is 5.91 Å². The van der Waals surface area contributed by atoms with Crippen LogP contribution in [0.1, 0.15) is 6.42 Å². The van der Waals surface area contributed by atoms with Crippen LogP contribution in [-0.4, -0.2) is 38.4 Å². The van der Waals surface area contributed by atoms with Crippen molar-refractivity contribution in [1.29, 1.82) is 0 Å². The zero-order valence-electron chi connectivity index (χ0n) is 17.2. The van der Waals surface area contributed by atoms with Crippen LogP contribution in [-0.2, 0) is 4.79 Å². The minimum atomic E-state index is -0.0770. The lowest BCUT2D eigenvalue weighted by Gasteiger charge is -2.05. The van der Waals surface area contributed by atoms with Gasteiger partial charge in [-0.25, -0.2) is 4.98 Å². The van der Waals surface area contributed by atoms with E-state index < -0.39 is 0 Å². The predicted molar refractivity (Wildman–Crippen MR) is 129 cm³/mol. The summed E-state index contributed by atoms with van der Waals surface area (Å²) in [4.78, 5) is 17.0. The summed E-state index contributed by atoms with van der Waals surface area (Å²) in [6.07, 6.45) is 0.349. The maximum Gasteiger partial charge on any atom is 0.226 e. The first-order valence-corrected chi connectivity index (χ1v) is 11.8. The number of amides is 1. The molecule has 1 N–H and O–H groups in total. The fraction of sp³-hybridized carbons (Fsp3) is 0.130. The molecule has 0 saturated heterocycles. The van der Waals surface area contributed by atoms with Gasteiger partial charge in [-0.1, -0.05) is 30.0 Å². The molecule has 9 heteroatoms. The first-order chi connectivity index (χ1) is 15.7. The molecular formula is C23H19N5O2S2. The Morgan fingerprint density at radius 2 is 1.94 bits per heavy atom. The molecule has 0 aliphatic carbocycles. The zero-order chi connectivity index (χ0) is 21.9. The SMILES string of the molecule is COc1ccc(-c2csc(NC(=O)CCSc3nnc4ccc5ccccc5n34)n2)cc1. The molecule has 0 aliphatic rings. The van der Waals surface area contributed by atoms with Crippen LogP contribution in [0.5, 0.6) is 5.75 Å². The molecule has 3 aromatic heterocycles. The number of nitrogens with zero attached hydrogens (tertiary/aromatic N) is 4. The lowest BCUT2D eigenvalue weighted by atomic mass is 10.2. The van der Waals surface area contributed by atoms with Crippen LogP contribution in [0.3, 0.4) is 0 Å². The molecule has 7 nitrogen and oxygen atoms in total. The molecule has 0 aliphatic heterocycles. The second-order valence-electron chi connectivity index (χ2n) is 6.98. The molecule has 1 amide bonds. The van der Waals surface area contributed by atoms with Crippen LogP contribution >= 0.6 is 23.1 Å². The van der Waals surface area contributed by atoms with E-state index in [4.69, 9.17) is 4.74 Å². The number of rotatable bonds is 7. The average Bonchev–Trinajstić information content (AvgIpc) is 3.46. The van der Waals surface area contributed by atoms with Gasteiger partial charge in [-0.05, 0) is 47.9 Å². The second-order valence-corrected chi connectivity index (χ2v) is 8.90. The minimum absolute atomic E-state index is 0.0770. The zero-order valence-corrected chi connectivity index (χ0v) is 18.8. The molecule has 2 aromatic carbocycles. The summed E-state index contributed by atoms with van der Waals surface area (Å²) in [5, 5.41) is 15.9. The number of fused-ring (bicyclic) bond motifs is 3. The van der Waals surface area contributed by atoms with Crippen molar-refractivity contribution in [2.45, 2.75) is 11.6 Å². The molecule has 5 rings (SSSR count). The standard InChI is InChI=1S/C23H19N5O2S2/c1-30-17-9-6-15(7-10-17)18-14-32-22(24-18)25-21(29)12-13-31-23-27-26-20-11-8-16-4-2-3-5-19(16)28(20)23/h2-11,14H,12-13H2,1H3,(H,24,25,29). The molecule has 5 aromatic rings. The van der Waals surface area contributed by atoms with Gasteiger partial charge >= 0.3 is 0 Å². The number of aromatic nitrogens is 4. The molecule has 0 fully saturated rings. The Morgan fingerprint density at radius 1 is 1.09 bits per heavy atom. The van der Waals surface area contributed by atoms with Crippen molar-refractivity contribution in [2.75, 3.05) is 18.2 Å². The first-order valence-electron chi connectivity index (χ1n) is 9.97. The number of carbonyl (C=O) groups is 1. The van der Waals surface area contributed by atoms with Gasteiger partial charge in [-0.2, -0.15) is 0 Å². The number of methoxy groups -OCH3 is 1. The third kappa shape index (κ3) is 4.17. The third-order valence-corrected chi connectivity index (χ3v) is 6.63. The summed E-state index contributed by atoms with van der Waals surface area (Å²) in [5.74, 6) is 1.31. The van der Waals surface area contributed by atoms with Gasteiger partial charge in [-0.3, -0.25) is 9.20 Å². The van der Waals surface area contributed by atoms with Gasteiger partial charge in [0.15, 0.2) is 15.9 Å². The number of pyridine rings is 1. The van der Waals surface area contributed by atoms with E-state index in [0.29, 0.717) is 17.3 Å². The minimum Gasteiger partial charge on any atom is -0.497 e. The Bertz CT molecular complexity index is 1390. The van der Waals surface area contributed by atoms with E-state index in [9.17, 15) is 4.79 Å². The van der Waals surface area contributed by atoms with E-state index in [-0.39, 0.29) is 5.91 Å².